The number of rotatable bonds is 5. The van der Waals surface area contributed by atoms with Gasteiger partial charge in [0.2, 0.25) is 10.0 Å². The van der Waals surface area contributed by atoms with Gasteiger partial charge in [-0.1, -0.05) is 12.5 Å². The van der Waals surface area contributed by atoms with E-state index >= 15 is 0 Å². The van der Waals surface area contributed by atoms with Crippen LogP contribution in [0, 0.1) is 0 Å². The van der Waals surface area contributed by atoms with Crippen molar-refractivity contribution in [2.45, 2.75) is 24.2 Å². The maximum Gasteiger partial charge on any atom is 0.255 e. The van der Waals surface area contributed by atoms with Crippen molar-refractivity contribution in [3.63, 3.8) is 0 Å². The molecule has 2 aromatic carbocycles. The van der Waals surface area contributed by atoms with Crippen molar-refractivity contribution in [1.29, 1.82) is 0 Å². The van der Waals surface area contributed by atoms with E-state index in [1.54, 1.807) is 36.4 Å². The Morgan fingerprint density at radius 3 is 2.46 bits per heavy atom. The maximum atomic E-state index is 13.0. The molecule has 28 heavy (non-hydrogen) atoms. The summed E-state index contributed by atoms with van der Waals surface area (Å²) in [5.41, 5.74) is 6.96. The molecule has 1 aliphatic heterocycles. The smallest absolute Gasteiger partial charge is 0.255 e. The van der Waals surface area contributed by atoms with Gasteiger partial charge in [-0.2, -0.15) is 4.31 Å². The third kappa shape index (κ3) is 4.76. The Morgan fingerprint density at radius 1 is 1.11 bits per heavy atom. The molecule has 3 rings (SSSR count). The number of amides is 1. The van der Waals surface area contributed by atoms with Crippen molar-refractivity contribution in [3.8, 4) is 5.75 Å². The van der Waals surface area contributed by atoms with Crippen molar-refractivity contribution in [2.24, 2.45) is 0 Å². The van der Waals surface area contributed by atoms with Crippen molar-refractivity contribution < 1.29 is 17.9 Å². The first-order chi connectivity index (χ1) is 12.9. The molecule has 1 aliphatic rings. The van der Waals surface area contributed by atoms with Crippen LogP contribution >= 0.6 is 12.4 Å². The quantitative estimate of drug-likeness (QED) is 0.716. The van der Waals surface area contributed by atoms with Gasteiger partial charge in [0.15, 0.2) is 0 Å². The van der Waals surface area contributed by atoms with Crippen LogP contribution in [0.4, 0.5) is 11.4 Å². The number of nitrogens with zero attached hydrogens (tertiary/aromatic N) is 1. The molecule has 0 spiro atoms. The highest BCUT2D eigenvalue weighted by Gasteiger charge is 2.29. The molecular formula is C19H24ClN3O4S. The number of nitrogens with two attached hydrogens (primary N) is 1. The van der Waals surface area contributed by atoms with E-state index in [0.29, 0.717) is 30.0 Å². The SMILES string of the molecule is COc1ccc(NC(=O)c2cccc(N)c2)cc1S(=O)(=O)N1CCCCC1.Cl. The highest BCUT2D eigenvalue weighted by atomic mass is 35.5. The molecule has 1 fully saturated rings. The number of hydrogen-bond acceptors (Lipinski definition) is 5. The molecule has 1 saturated heterocycles. The van der Waals surface area contributed by atoms with E-state index in [4.69, 9.17) is 10.5 Å². The zero-order valence-corrected chi connectivity index (χ0v) is 17.2. The van der Waals surface area contributed by atoms with E-state index < -0.39 is 10.0 Å². The monoisotopic (exact) mass is 425 g/mol. The molecular weight excluding hydrogens is 402 g/mol. The van der Waals surface area contributed by atoms with Gasteiger partial charge in [-0.25, -0.2) is 8.42 Å². The number of nitrogens with one attached hydrogen (secondary N) is 1. The Balaban J connectivity index is 0.00000280. The number of ether oxygens (including phenoxy) is 1. The first-order valence-electron chi connectivity index (χ1n) is 8.77. The summed E-state index contributed by atoms with van der Waals surface area (Å²) in [7, 11) is -2.27. The standard InChI is InChI=1S/C19H23N3O4S.ClH/c1-26-17-9-8-16(21-19(23)14-6-5-7-15(20)12-14)13-18(17)27(24,25)22-10-3-2-4-11-22;/h5-9,12-13H,2-4,10-11,20H2,1H3,(H,21,23);1H. The van der Waals surface area contributed by atoms with E-state index in [9.17, 15) is 13.2 Å². The molecule has 3 N–H and O–H groups in total. The molecule has 0 unspecified atom stereocenters. The Labute approximate surface area is 171 Å². The van der Waals surface area contributed by atoms with Crippen LogP contribution < -0.4 is 15.8 Å². The molecule has 9 heteroatoms. The first kappa shape index (κ1) is 22.0. The fraction of sp³-hybridized carbons (Fsp3) is 0.316. The van der Waals surface area contributed by atoms with Gasteiger partial charge >= 0.3 is 0 Å². The number of benzene rings is 2. The normalized spacial score (nSPS) is 14.8. The summed E-state index contributed by atoms with van der Waals surface area (Å²) in [6.07, 6.45) is 2.71. The zero-order chi connectivity index (χ0) is 19.4. The van der Waals surface area contributed by atoms with E-state index in [2.05, 4.69) is 5.32 Å². The van der Waals surface area contributed by atoms with Gasteiger partial charge in [0.05, 0.1) is 7.11 Å². The van der Waals surface area contributed by atoms with Crippen LogP contribution in [0.25, 0.3) is 0 Å². The van der Waals surface area contributed by atoms with Crippen LogP contribution in [0.2, 0.25) is 0 Å². The Kier molecular flexibility index (Phi) is 7.29. The van der Waals surface area contributed by atoms with Gasteiger partial charge in [-0.15, -0.1) is 12.4 Å². The summed E-state index contributed by atoms with van der Waals surface area (Å²) < 4.78 is 32.8. The average molecular weight is 426 g/mol. The number of carbonyl (C=O) groups excluding carboxylic acids is 1. The fourth-order valence-electron chi connectivity index (χ4n) is 3.08. The summed E-state index contributed by atoms with van der Waals surface area (Å²) in [6.45, 7) is 0.983. The minimum atomic E-state index is -3.70. The predicted molar refractivity (Wildman–Crippen MR) is 112 cm³/mol. The lowest BCUT2D eigenvalue weighted by molar-refractivity contribution is 0.102. The molecule has 152 valence electrons. The van der Waals surface area contributed by atoms with Gasteiger partial charge in [-0.3, -0.25) is 4.79 Å². The van der Waals surface area contributed by atoms with Crippen LogP contribution in [0.3, 0.4) is 0 Å². The molecule has 0 aliphatic carbocycles. The van der Waals surface area contributed by atoms with Crippen molar-refractivity contribution in [1.82, 2.24) is 4.31 Å². The topological polar surface area (TPSA) is 102 Å². The van der Waals surface area contributed by atoms with Crippen LogP contribution in [0.5, 0.6) is 5.75 Å². The van der Waals surface area contributed by atoms with Gasteiger partial charge in [0.25, 0.3) is 5.91 Å². The third-order valence-electron chi connectivity index (χ3n) is 4.50. The minimum absolute atomic E-state index is 0. The van der Waals surface area contributed by atoms with Gasteiger partial charge in [0, 0.05) is 30.0 Å². The molecule has 1 amide bonds. The number of methoxy groups -OCH3 is 1. The van der Waals surface area contributed by atoms with Crippen molar-refractivity contribution >= 4 is 39.7 Å². The number of anilines is 2. The molecule has 2 aromatic rings. The summed E-state index contributed by atoms with van der Waals surface area (Å²) in [4.78, 5) is 12.5. The first-order valence-corrected chi connectivity index (χ1v) is 10.2. The second-order valence-electron chi connectivity index (χ2n) is 6.41. The number of carbonyl (C=O) groups is 1. The molecule has 7 nitrogen and oxygen atoms in total. The Bertz CT molecular complexity index is 944. The highest BCUT2D eigenvalue weighted by Crippen LogP contribution is 2.31. The van der Waals surface area contributed by atoms with Crippen LogP contribution in [-0.2, 0) is 10.0 Å². The zero-order valence-electron chi connectivity index (χ0n) is 15.6. The average Bonchev–Trinajstić information content (AvgIpc) is 2.68. The summed E-state index contributed by atoms with van der Waals surface area (Å²) >= 11 is 0. The molecule has 0 saturated carbocycles. The largest absolute Gasteiger partial charge is 0.495 e. The Hall–Kier alpha value is -2.29. The number of hydrogen-bond donors (Lipinski definition) is 2. The Morgan fingerprint density at radius 2 is 1.82 bits per heavy atom. The second-order valence-corrected chi connectivity index (χ2v) is 8.32. The van der Waals surface area contributed by atoms with Crippen LogP contribution in [-0.4, -0.2) is 38.8 Å². The molecule has 0 bridgehead atoms. The second kappa shape index (κ2) is 9.27. The molecule has 0 aromatic heterocycles. The number of sulfonamides is 1. The van der Waals surface area contributed by atoms with E-state index in [0.717, 1.165) is 19.3 Å². The van der Waals surface area contributed by atoms with Crippen molar-refractivity contribution in [3.05, 3.63) is 48.0 Å². The van der Waals surface area contributed by atoms with Crippen LogP contribution in [0.15, 0.2) is 47.4 Å². The van der Waals surface area contributed by atoms with E-state index in [1.807, 2.05) is 0 Å². The van der Waals surface area contributed by atoms with E-state index in [-0.39, 0.29) is 29.0 Å². The lowest BCUT2D eigenvalue weighted by Gasteiger charge is -2.26. The van der Waals surface area contributed by atoms with Gasteiger partial charge < -0.3 is 15.8 Å². The van der Waals surface area contributed by atoms with Crippen LogP contribution in [0.1, 0.15) is 29.6 Å². The summed E-state index contributed by atoms with van der Waals surface area (Å²) in [5, 5.41) is 2.72. The third-order valence-corrected chi connectivity index (χ3v) is 6.42. The number of halogens is 1. The number of piperidine rings is 1. The molecule has 0 atom stereocenters. The lowest BCUT2D eigenvalue weighted by Crippen LogP contribution is -2.35. The molecule has 1 heterocycles. The van der Waals surface area contributed by atoms with Gasteiger partial charge in [0.1, 0.15) is 10.6 Å². The van der Waals surface area contributed by atoms with Crippen molar-refractivity contribution in [2.75, 3.05) is 31.2 Å². The molecule has 0 radical (unpaired) electrons. The summed E-state index contributed by atoms with van der Waals surface area (Å²) in [6, 6.07) is 11.2. The number of nitrogen functional groups attached to an aromatic ring is 1. The van der Waals surface area contributed by atoms with E-state index in [1.165, 1.54) is 17.5 Å². The minimum Gasteiger partial charge on any atom is -0.495 e. The lowest BCUT2D eigenvalue weighted by atomic mass is 10.2. The predicted octanol–water partition coefficient (Wildman–Crippen LogP) is 3.13. The highest BCUT2D eigenvalue weighted by molar-refractivity contribution is 7.89. The summed E-state index contributed by atoms with van der Waals surface area (Å²) in [5.74, 6) is -0.115. The maximum absolute atomic E-state index is 13.0. The van der Waals surface area contributed by atoms with Gasteiger partial charge in [-0.05, 0) is 49.2 Å². The fourth-order valence-corrected chi connectivity index (χ4v) is 4.78.